The van der Waals surface area contributed by atoms with Crippen LogP contribution < -0.4 is 5.32 Å². The maximum atomic E-state index is 12.5. The minimum Gasteiger partial charge on any atom is -0.394 e. The molecule has 3 unspecified atom stereocenters. The van der Waals surface area contributed by atoms with Gasteiger partial charge in [-0.15, -0.1) is 0 Å². The van der Waals surface area contributed by atoms with Crippen molar-refractivity contribution in [3.63, 3.8) is 0 Å². The third-order valence-electron chi connectivity index (χ3n) is 11.9. The summed E-state index contributed by atoms with van der Waals surface area (Å²) in [5.41, 5.74) is 0. The number of carbonyl (C=O) groups is 1. The van der Waals surface area contributed by atoms with Gasteiger partial charge in [0.25, 0.3) is 0 Å². The minimum atomic E-state index is -0.743. The molecule has 0 fully saturated rings. The fraction of sp³-hybridized carbons (Fsp3) is 0.980. The zero-order valence-corrected chi connectivity index (χ0v) is 36.9. The van der Waals surface area contributed by atoms with E-state index in [4.69, 9.17) is 0 Å². The average molecular weight is 766 g/mol. The normalized spacial score (nSPS) is 13.4. The molecule has 0 aliphatic rings. The van der Waals surface area contributed by atoms with E-state index in [1.165, 1.54) is 225 Å². The molecule has 0 bridgehead atoms. The van der Waals surface area contributed by atoms with Crippen molar-refractivity contribution in [2.24, 2.45) is 0 Å². The number of unbranched alkanes of at least 4 members (excludes halogenated alkanes) is 37. The Morgan fingerprint density at radius 3 is 0.889 bits per heavy atom. The summed E-state index contributed by atoms with van der Waals surface area (Å²) in [6, 6.07) is -0.652. The van der Waals surface area contributed by atoms with Crippen molar-refractivity contribution in [1.29, 1.82) is 0 Å². The largest absolute Gasteiger partial charge is 0.394 e. The molecule has 5 nitrogen and oxygen atoms in total. The van der Waals surface area contributed by atoms with Crippen molar-refractivity contribution >= 4 is 5.91 Å². The second-order valence-electron chi connectivity index (χ2n) is 17.4. The maximum Gasteiger partial charge on any atom is 0.222 e. The monoisotopic (exact) mass is 766 g/mol. The third kappa shape index (κ3) is 41.0. The van der Waals surface area contributed by atoms with Crippen LogP contribution in [0.25, 0.3) is 0 Å². The molecule has 4 N–H and O–H groups in total. The summed E-state index contributed by atoms with van der Waals surface area (Å²) in [7, 11) is 0. The molecule has 5 heteroatoms. The summed E-state index contributed by atoms with van der Waals surface area (Å²) >= 11 is 0. The van der Waals surface area contributed by atoms with Crippen LogP contribution in [0.1, 0.15) is 284 Å². The van der Waals surface area contributed by atoms with Crippen LogP contribution in [0.15, 0.2) is 0 Å². The van der Waals surface area contributed by atoms with Crippen molar-refractivity contribution in [2.45, 2.75) is 302 Å². The van der Waals surface area contributed by atoms with Crippen LogP contribution in [-0.4, -0.2) is 46.1 Å². The molecule has 0 aromatic rings. The fourth-order valence-corrected chi connectivity index (χ4v) is 8.11. The van der Waals surface area contributed by atoms with Crippen LogP contribution in [0.4, 0.5) is 0 Å². The number of aliphatic hydroxyl groups is 3. The Labute approximate surface area is 338 Å². The van der Waals surface area contributed by atoms with Crippen molar-refractivity contribution < 1.29 is 20.1 Å². The molecular formula is C49H99NO4. The number of hydrogen-bond donors (Lipinski definition) is 4. The van der Waals surface area contributed by atoms with Gasteiger partial charge in [-0.3, -0.25) is 4.79 Å². The Kier molecular flexibility index (Phi) is 44.5. The van der Waals surface area contributed by atoms with Crippen LogP contribution in [0.3, 0.4) is 0 Å². The predicted molar refractivity (Wildman–Crippen MR) is 236 cm³/mol. The van der Waals surface area contributed by atoms with Gasteiger partial charge in [-0.25, -0.2) is 0 Å². The fourth-order valence-electron chi connectivity index (χ4n) is 8.11. The summed E-state index contributed by atoms with van der Waals surface area (Å²) in [4.78, 5) is 12.5. The van der Waals surface area contributed by atoms with Gasteiger partial charge in [-0.2, -0.15) is 0 Å². The highest BCUT2D eigenvalue weighted by Crippen LogP contribution is 2.18. The molecule has 0 spiro atoms. The number of nitrogens with one attached hydrogen (secondary N) is 1. The highest BCUT2D eigenvalue weighted by molar-refractivity contribution is 5.76. The smallest absolute Gasteiger partial charge is 0.222 e. The lowest BCUT2D eigenvalue weighted by Crippen LogP contribution is -2.46. The zero-order chi connectivity index (χ0) is 39.4. The van der Waals surface area contributed by atoms with Crippen LogP contribution >= 0.6 is 0 Å². The van der Waals surface area contributed by atoms with Gasteiger partial charge in [0.05, 0.1) is 31.3 Å². The van der Waals surface area contributed by atoms with E-state index in [1.807, 2.05) is 0 Å². The molecule has 324 valence electrons. The number of carbonyl (C=O) groups excluding carboxylic acids is 1. The molecule has 0 heterocycles. The first kappa shape index (κ1) is 53.4. The molecule has 0 saturated carbocycles. The van der Waals surface area contributed by atoms with Crippen molar-refractivity contribution in [1.82, 2.24) is 5.32 Å². The molecule has 0 aromatic carbocycles. The van der Waals surface area contributed by atoms with Crippen molar-refractivity contribution in [3.05, 3.63) is 0 Å². The minimum absolute atomic E-state index is 0.0431. The molecule has 0 aliphatic carbocycles. The topological polar surface area (TPSA) is 89.8 Å². The SMILES string of the molecule is CCCCCCCCCCCCCCCCCCCCCCCCCCCCC(O)CC(=O)NC(CO)C(O)CCCCCCCCCCCCCCC. The molecule has 0 saturated heterocycles. The standard InChI is InChI=1S/C49H99NO4/c1-3-5-7-9-11-13-15-17-18-19-20-21-22-23-24-25-26-27-28-29-31-32-34-36-38-40-42-46(52)44-49(54)50-47(45-51)48(53)43-41-39-37-35-33-30-16-14-12-10-8-6-4-2/h46-48,51-53H,3-45H2,1-2H3,(H,50,54). The van der Waals surface area contributed by atoms with Crippen molar-refractivity contribution in [2.75, 3.05) is 6.61 Å². The first-order valence-corrected chi connectivity index (χ1v) is 24.8. The number of amides is 1. The first-order valence-electron chi connectivity index (χ1n) is 24.8. The van der Waals surface area contributed by atoms with E-state index in [-0.39, 0.29) is 18.9 Å². The highest BCUT2D eigenvalue weighted by atomic mass is 16.3. The molecule has 54 heavy (non-hydrogen) atoms. The summed E-state index contributed by atoms with van der Waals surface area (Å²) in [6.45, 7) is 4.29. The Morgan fingerprint density at radius 2 is 0.630 bits per heavy atom. The second-order valence-corrected chi connectivity index (χ2v) is 17.4. The molecule has 0 radical (unpaired) electrons. The van der Waals surface area contributed by atoms with Crippen LogP contribution in [0.5, 0.6) is 0 Å². The first-order chi connectivity index (χ1) is 26.5. The number of rotatable bonds is 46. The Hall–Kier alpha value is -0.650. The second kappa shape index (κ2) is 45.1. The van der Waals surface area contributed by atoms with Crippen LogP contribution in [-0.2, 0) is 4.79 Å². The maximum absolute atomic E-state index is 12.5. The quantitative estimate of drug-likeness (QED) is 0.0465. The average Bonchev–Trinajstić information content (AvgIpc) is 3.16. The summed E-state index contributed by atoms with van der Waals surface area (Å²) in [6.07, 6.45) is 52.4. The summed E-state index contributed by atoms with van der Waals surface area (Å²) in [5.74, 6) is -0.277. The zero-order valence-electron chi connectivity index (χ0n) is 36.9. The van der Waals surface area contributed by atoms with Crippen LogP contribution in [0, 0.1) is 0 Å². The molecular weight excluding hydrogens is 667 g/mol. The van der Waals surface area contributed by atoms with Gasteiger partial charge >= 0.3 is 0 Å². The number of aliphatic hydroxyl groups excluding tert-OH is 3. The molecule has 1 amide bonds. The van der Waals surface area contributed by atoms with E-state index in [1.54, 1.807) is 0 Å². The lowest BCUT2D eigenvalue weighted by molar-refractivity contribution is -0.125. The predicted octanol–water partition coefficient (Wildman–Crippen LogP) is 14.6. The molecule has 0 aliphatic heterocycles. The Bertz CT molecular complexity index is 718. The highest BCUT2D eigenvalue weighted by Gasteiger charge is 2.21. The molecule has 0 aromatic heterocycles. The number of hydrogen-bond acceptors (Lipinski definition) is 4. The van der Waals surface area contributed by atoms with E-state index in [0.717, 1.165) is 25.7 Å². The van der Waals surface area contributed by atoms with Gasteiger partial charge in [-0.1, -0.05) is 264 Å². The van der Waals surface area contributed by atoms with Gasteiger partial charge in [0.2, 0.25) is 5.91 Å². The van der Waals surface area contributed by atoms with Gasteiger partial charge in [-0.05, 0) is 12.8 Å². The van der Waals surface area contributed by atoms with E-state index in [0.29, 0.717) is 12.8 Å². The summed E-state index contributed by atoms with van der Waals surface area (Å²) < 4.78 is 0. The van der Waals surface area contributed by atoms with Gasteiger partial charge < -0.3 is 20.6 Å². The Balaban J connectivity index is 3.48. The lowest BCUT2D eigenvalue weighted by Gasteiger charge is -2.23. The molecule has 0 rings (SSSR count). The third-order valence-corrected chi connectivity index (χ3v) is 11.9. The van der Waals surface area contributed by atoms with Crippen molar-refractivity contribution in [3.8, 4) is 0 Å². The molecule has 3 atom stereocenters. The van der Waals surface area contributed by atoms with E-state index < -0.39 is 18.2 Å². The lowest BCUT2D eigenvalue weighted by atomic mass is 10.0. The van der Waals surface area contributed by atoms with Crippen LogP contribution in [0.2, 0.25) is 0 Å². The van der Waals surface area contributed by atoms with E-state index in [9.17, 15) is 20.1 Å². The van der Waals surface area contributed by atoms with Gasteiger partial charge in [0.15, 0.2) is 0 Å². The van der Waals surface area contributed by atoms with Gasteiger partial charge in [0.1, 0.15) is 0 Å². The van der Waals surface area contributed by atoms with Gasteiger partial charge in [0, 0.05) is 0 Å². The van der Waals surface area contributed by atoms with E-state index >= 15 is 0 Å². The summed E-state index contributed by atoms with van der Waals surface area (Å²) in [5, 5.41) is 33.4. The Morgan fingerprint density at radius 1 is 0.389 bits per heavy atom. The van der Waals surface area contributed by atoms with E-state index in [2.05, 4.69) is 19.2 Å².